The summed E-state index contributed by atoms with van der Waals surface area (Å²) < 4.78 is 10.9. The van der Waals surface area contributed by atoms with Crippen molar-refractivity contribution in [3.05, 3.63) is 0 Å². The van der Waals surface area contributed by atoms with Gasteiger partial charge in [0.25, 0.3) is 0 Å². The molecule has 1 atom stereocenters. The zero-order valence-corrected chi connectivity index (χ0v) is 8.55. The van der Waals surface area contributed by atoms with E-state index in [2.05, 4.69) is 0 Å². The Hall–Kier alpha value is -0.320. The van der Waals surface area contributed by atoms with Crippen LogP contribution in [0.1, 0.15) is 25.7 Å². The summed E-state index contributed by atoms with van der Waals surface area (Å²) in [6.07, 6.45) is 2.21. The molecule has 1 N–H and O–H groups in total. The van der Waals surface area contributed by atoms with E-state index >= 15 is 0 Å². The Morgan fingerprint density at radius 1 is 1.29 bits per heavy atom. The Labute approximate surface area is 87.1 Å². The van der Waals surface area contributed by atoms with Crippen molar-refractivity contribution < 1.29 is 19.4 Å². The highest BCUT2D eigenvalue weighted by molar-refractivity contribution is 6.33. The smallest absolute Gasteiger partial charge is 0.324 e. The van der Waals surface area contributed by atoms with Gasteiger partial charge in [-0.3, -0.25) is 4.79 Å². The molecule has 1 aliphatic heterocycles. The molecule has 1 aliphatic carbocycles. The highest BCUT2D eigenvalue weighted by Gasteiger charge is 2.51. The second-order valence-corrected chi connectivity index (χ2v) is 4.63. The summed E-state index contributed by atoms with van der Waals surface area (Å²) in [7, 11) is 0. The zero-order valence-electron chi connectivity index (χ0n) is 7.79. The highest BCUT2D eigenvalue weighted by atomic mass is 35.5. The van der Waals surface area contributed by atoms with Crippen molar-refractivity contribution in [1.29, 1.82) is 0 Å². The molecule has 1 spiro atoms. The van der Waals surface area contributed by atoms with Crippen LogP contribution in [0.15, 0.2) is 0 Å². The molecule has 1 saturated carbocycles. The molecular weight excluding hydrogens is 208 g/mol. The predicted octanol–water partition coefficient (Wildman–Crippen LogP) is 1.37. The van der Waals surface area contributed by atoms with Gasteiger partial charge in [0.05, 0.1) is 13.2 Å². The summed E-state index contributed by atoms with van der Waals surface area (Å²) in [5.74, 6) is -1.70. The van der Waals surface area contributed by atoms with Gasteiger partial charge < -0.3 is 14.6 Å². The van der Waals surface area contributed by atoms with Crippen LogP contribution in [0.4, 0.5) is 0 Å². The number of rotatable bonds is 1. The minimum atomic E-state index is -1.21. The second-order valence-electron chi connectivity index (χ2n) is 3.91. The number of hydrogen-bond acceptors (Lipinski definition) is 3. The summed E-state index contributed by atoms with van der Waals surface area (Å²) in [6.45, 7) is 1.07. The number of carboxylic acids is 1. The fourth-order valence-electron chi connectivity index (χ4n) is 2.17. The maximum Gasteiger partial charge on any atom is 0.324 e. The molecule has 0 aromatic carbocycles. The highest BCUT2D eigenvalue weighted by Crippen LogP contribution is 2.44. The molecule has 2 fully saturated rings. The SMILES string of the molecule is O=C(O)C1(Cl)CCCC2(C1)OCCO2. The minimum Gasteiger partial charge on any atom is -0.480 e. The lowest BCUT2D eigenvalue weighted by Gasteiger charge is -2.38. The summed E-state index contributed by atoms with van der Waals surface area (Å²) >= 11 is 6.02. The first-order chi connectivity index (χ1) is 6.56. The summed E-state index contributed by atoms with van der Waals surface area (Å²) in [6, 6.07) is 0. The monoisotopic (exact) mass is 220 g/mol. The average Bonchev–Trinajstić information content (AvgIpc) is 2.53. The number of carbonyl (C=O) groups is 1. The minimum absolute atomic E-state index is 0.247. The van der Waals surface area contributed by atoms with Crippen molar-refractivity contribution in [2.45, 2.75) is 36.3 Å². The van der Waals surface area contributed by atoms with E-state index in [1.807, 2.05) is 0 Å². The number of carboxylic acid groups (broad SMARTS) is 1. The Balaban J connectivity index is 2.14. The molecule has 1 saturated heterocycles. The van der Waals surface area contributed by atoms with Crippen LogP contribution < -0.4 is 0 Å². The van der Waals surface area contributed by atoms with E-state index in [1.54, 1.807) is 0 Å². The van der Waals surface area contributed by atoms with Gasteiger partial charge in [0.15, 0.2) is 5.79 Å². The second kappa shape index (κ2) is 3.36. The molecular formula is C9H13ClO4. The van der Waals surface area contributed by atoms with Crippen LogP contribution in [0, 0.1) is 0 Å². The molecule has 2 aliphatic rings. The van der Waals surface area contributed by atoms with Crippen LogP contribution in [-0.4, -0.2) is 35.0 Å². The van der Waals surface area contributed by atoms with Crippen molar-refractivity contribution in [3.8, 4) is 0 Å². The van der Waals surface area contributed by atoms with E-state index in [-0.39, 0.29) is 6.42 Å². The van der Waals surface area contributed by atoms with Crippen LogP contribution in [0.2, 0.25) is 0 Å². The van der Waals surface area contributed by atoms with E-state index in [9.17, 15) is 4.79 Å². The predicted molar refractivity (Wildman–Crippen MR) is 49.3 cm³/mol. The Morgan fingerprint density at radius 3 is 2.50 bits per heavy atom. The van der Waals surface area contributed by atoms with Gasteiger partial charge in [-0.1, -0.05) is 0 Å². The Morgan fingerprint density at radius 2 is 1.93 bits per heavy atom. The third-order valence-corrected chi connectivity index (χ3v) is 3.36. The molecule has 5 heteroatoms. The van der Waals surface area contributed by atoms with Crippen molar-refractivity contribution in [1.82, 2.24) is 0 Å². The fraction of sp³-hybridized carbons (Fsp3) is 0.889. The molecule has 2 rings (SSSR count). The lowest BCUT2D eigenvalue weighted by molar-refractivity contribution is -0.189. The van der Waals surface area contributed by atoms with Crippen LogP contribution in [-0.2, 0) is 14.3 Å². The van der Waals surface area contributed by atoms with Crippen molar-refractivity contribution in [2.75, 3.05) is 13.2 Å². The van der Waals surface area contributed by atoms with E-state index in [0.29, 0.717) is 19.6 Å². The third-order valence-electron chi connectivity index (χ3n) is 2.88. The van der Waals surface area contributed by atoms with Crippen molar-refractivity contribution in [2.24, 2.45) is 0 Å². The van der Waals surface area contributed by atoms with E-state index in [4.69, 9.17) is 26.2 Å². The van der Waals surface area contributed by atoms with Gasteiger partial charge in [-0.15, -0.1) is 11.6 Å². The normalized spacial score (nSPS) is 36.1. The molecule has 0 amide bonds. The lowest BCUT2D eigenvalue weighted by atomic mass is 9.84. The van der Waals surface area contributed by atoms with Crippen LogP contribution in [0.5, 0.6) is 0 Å². The van der Waals surface area contributed by atoms with Gasteiger partial charge in [0, 0.05) is 12.8 Å². The molecule has 0 radical (unpaired) electrons. The van der Waals surface area contributed by atoms with Gasteiger partial charge in [-0.25, -0.2) is 0 Å². The summed E-state index contributed by atoms with van der Waals surface area (Å²) in [4.78, 5) is 9.77. The first-order valence-electron chi connectivity index (χ1n) is 4.77. The summed E-state index contributed by atoms with van der Waals surface area (Å²) in [5, 5.41) is 9.00. The standard InChI is InChI=1S/C9H13ClO4/c10-8(7(11)12)2-1-3-9(6-8)13-4-5-14-9/h1-6H2,(H,11,12). The maximum absolute atomic E-state index is 11.0. The first kappa shape index (κ1) is 10.2. The molecule has 0 aromatic heterocycles. The molecule has 80 valence electrons. The van der Waals surface area contributed by atoms with Crippen molar-refractivity contribution in [3.63, 3.8) is 0 Å². The number of hydrogen-bond donors (Lipinski definition) is 1. The number of ether oxygens (including phenoxy) is 2. The molecule has 14 heavy (non-hydrogen) atoms. The molecule has 1 heterocycles. The molecule has 0 bridgehead atoms. The van der Waals surface area contributed by atoms with Crippen LogP contribution in [0.25, 0.3) is 0 Å². The number of alkyl halides is 1. The van der Waals surface area contributed by atoms with Crippen LogP contribution in [0.3, 0.4) is 0 Å². The average molecular weight is 221 g/mol. The third kappa shape index (κ3) is 1.62. The first-order valence-corrected chi connectivity index (χ1v) is 5.14. The van der Waals surface area contributed by atoms with E-state index < -0.39 is 16.6 Å². The van der Waals surface area contributed by atoms with Crippen molar-refractivity contribution >= 4 is 17.6 Å². The number of halogens is 1. The molecule has 1 unspecified atom stereocenters. The molecule has 0 aromatic rings. The topological polar surface area (TPSA) is 55.8 Å². The van der Waals surface area contributed by atoms with E-state index in [1.165, 1.54) is 0 Å². The molecule has 4 nitrogen and oxygen atoms in total. The quantitative estimate of drug-likeness (QED) is 0.678. The van der Waals surface area contributed by atoms with Gasteiger partial charge in [-0.05, 0) is 12.8 Å². The number of aliphatic carboxylic acids is 1. The Bertz CT molecular complexity index is 249. The van der Waals surface area contributed by atoms with Gasteiger partial charge >= 0.3 is 5.97 Å². The zero-order chi connectivity index (χ0) is 10.2. The van der Waals surface area contributed by atoms with Gasteiger partial charge in [0.1, 0.15) is 4.87 Å². The van der Waals surface area contributed by atoms with Gasteiger partial charge in [0.2, 0.25) is 0 Å². The van der Waals surface area contributed by atoms with Crippen LogP contribution >= 0.6 is 11.6 Å². The maximum atomic E-state index is 11.0. The van der Waals surface area contributed by atoms with Gasteiger partial charge in [-0.2, -0.15) is 0 Å². The fourth-order valence-corrected chi connectivity index (χ4v) is 2.50. The Kier molecular flexibility index (Phi) is 2.45. The van der Waals surface area contributed by atoms with E-state index in [0.717, 1.165) is 12.8 Å². The summed E-state index contributed by atoms with van der Waals surface area (Å²) in [5.41, 5.74) is 0. The lowest BCUT2D eigenvalue weighted by Crippen LogP contribution is -2.47. The largest absolute Gasteiger partial charge is 0.480 e.